The molecule has 0 aliphatic carbocycles. The van der Waals surface area contributed by atoms with Gasteiger partial charge in [-0.25, -0.2) is 4.79 Å². The minimum absolute atomic E-state index is 0.286. The minimum atomic E-state index is -1.01. The van der Waals surface area contributed by atoms with E-state index in [1.165, 1.54) is 4.90 Å². The molecule has 2 aliphatic rings. The van der Waals surface area contributed by atoms with Gasteiger partial charge in [-0.1, -0.05) is 0 Å². The molecule has 0 unspecified atom stereocenters. The minimum Gasteiger partial charge on any atom is -0.480 e. The van der Waals surface area contributed by atoms with Crippen LogP contribution in [0.25, 0.3) is 0 Å². The van der Waals surface area contributed by atoms with Gasteiger partial charge < -0.3 is 14.6 Å². The van der Waals surface area contributed by atoms with Crippen LogP contribution in [-0.4, -0.2) is 54.0 Å². The second-order valence-electron chi connectivity index (χ2n) is 4.23. The van der Waals surface area contributed by atoms with E-state index < -0.39 is 17.7 Å². The van der Waals surface area contributed by atoms with Crippen LogP contribution < -0.4 is 0 Å². The van der Waals surface area contributed by atoms with E-state index >= 15 is 0 Å². The fraction of sp³-hybridized carbons (Fsp3) is 0.800. The topological polar surface area (TPSA) is 76.1 Å². The molecule has 2 fully saturated rings. The van der Waals surface area contributed by atoms with E-state index in [2.05, 4.69) is 0 Å². The van der Waals surface area contributed by atoms with E-state index in [-0.39, 0.29) is 6.54 Å². The lowest BCUT2D eigenvalue weighted by Crippen LogP contribution is -2.52. The van der Waals surface area contributed by atoms with Gasteiger partial charge >= 0.3 is 12.1 Å². The summed E-state index contributed by atoms with van der Waals surface area (Å²) in [7, 11) is 0. The highest BCUT2D eigenvalue weighted by molar-refractivity contribution is 5.77. The highest BCUT2D eigenvalue weighted by Crippen LogP contribution is 2.32. The highest BCUT2D eigenvalue weighted by atomic mass is 16.6. The first-order valence-electron chi connectivity index (χ1n) is 5.39. The van der Waals surface area contributed by atoms with Crippen LogP contribution in [0.1, 0.15) is 19.3 Å². The molecule has 1 amide bonds. The van der Waals surface area contributed by atoms with E-state index in [0.29, 0.717) is 39.0 Å². The van der Waals surface area contributed by atoms with Gasteiger partial charge in [0.15, 0.2) is 0 Å². The summed E-state index contributed by atoms with van der Waals surface area (Å²) in [4.78, 5) is 23.3. The number of carbonyl (C=O) groups excluding carboxylic acids is 1. The van der Waals surface area contributed by atoms with Crippen molar-refractivity contribution in [2.24, 2.45) is 0 Å². The lowest BCUT2D eigenvalue weighted by atomic mass is 9.89. The predicted octanol–water partition coefficient (Wildman–Crippen LogP) is 0.463. The van der Waals surface area contributed by atoms with Crippen molar-refractivity contribution in [2.75, 3.05) is 26.3 Å². The van der Waals surface area contributed by atoms with Crippen LogP contribution in [0.15, 0.2) is 0 Å². The van der Waals surface area contributed by atoms with Crippen LogP contribution in [0.5, 0.6) is 0 Å². The van der Waals surface area contributed by atoms with Crippen LogP contribution in [0.4, 0.5) is 4.79 Å². The lowest BCUT2D eigenvalue weighted by Gasteiger charge is -2.42. The molecule has 0 radical (unpaired) electrons. The number of nitrogens with zero attached hydrogens (tertiary/aromatic N) is 1. The molecule has 2 aliphatic heterocycles. The summed E-state index contributed by atoms with van der Waals surface area (Å²) in [6, 6.07) is 0. The van der Waals surface area contributed by atoms with E-state index in [1.807, 2.05) is 0 Å². The number of carboxylic acid groups (broad SMARTS) is 1. The van der Waals surface area contributed by atoms with Gasteiger partial charge in [0.1, 0.15) is 12.1 Å². The number of hydrogen-bond acceptors (Lipinski definition) is 4. The molecule has 2 heterocycles. The van der Waals surface area contributed by atoms with Gasteiger partial charge in [0.2, 0.25) is 0 Å². The molecular formula is C10H15NO5. The zero-order valence-corrected chi connectivity index (χ0v) is 8.98. The summed E-state index contributed by atoms with van der Waals surface area (Å²) in [5.41, 5.74) is -0.412. The van der Waals surface area contributed by atoms with Crippen molar-refractivity contribution in [3.8, 4) is 0 Å². The van der Waals surface area contributed by atoms with Crippen LogP contribution in [0.3, 0.4) is 0 Å². The Morgan fingerprint density at radius 3 is 2.62 bits per heavy atom. The molecule has 6 nitrogen and oxygen atoms in total. The van der Waals surface area contributed by atoms with Gasteiger partial charge in [-0.15, -0.1) is 0 Å². The second kappa shape index (κ2) is 4.29. The number of amides is 1. The molecule has 0 aromatic carbocycles. The Labute approximate surface area is 93.1 Å². The first-order valence-corrected chi connectivity index (χ1v) is 5.39. The van der Waals surface area contributed by atoms with Crippen LogP contribution >= 0.6 is 0 Å². The van der Waals surface area contributed by atoms with Gasteiger partial charge in [-0.05, 0) is 0 Å². The van der Waals surface area contributed by atoms with Gasteiger partial charge in [-0.2, -0.15) is 0 Å². The molecule has 16 heavy (non-hydrogen) atoms. The summed E-state index contributed by atoms with van der Waals surface area (Å²) >= 11 is 0. The average Bonchev–Trinajstić information content (AvgIpc) is 2.23. The lowest BCUT2D eigenvalue weighted by molar-refractivity contribution is -0.141. The average molecular weight is 229 g/mol. The maximum atomic E-state index is 11.6. The number of ether oxygens (including phenoxy) is 2. The number of carbonyl (C=O) groups is 2. The van der Waals surface area contributed by atoms with Crippen molar-refractivity contribution in [3.63, 3.8) is 0 Å². The molecule has 90 valence electrons. The fourth-order valence-corrected chi connectivity index (χ4v) is 2.13. The summed E-state index contributed by atoms with van der Waals surface area (Å²) in [6.45, 7) is 1.37. The number of hydrogen-bond donors (Lipinski definition) is 1. The molecule has 1 spiro atoms. The molecule has 1 N–H and O–H groups in total. The van der Waals surface area contributed by atoms with Gasteiger partial charge in [0, 0.05) is 25.8 Å². The Morgan fingerprint density at radius 1 is 1.38 bits per heavy atom. The van der Waals surface area contributed by atoms with Crippen molar-refractivity contribution < 1.29 is 24.2 Å². The van der Waals surface area contributed by atoms with Crippen molar-refractivity contribution in [1.29, 1.82) is 0 Å². The standard InChI is InChI=1S/C10H15NO5/c12-8(13)7-11-4-1-10(16-9(11)14)2-5-15-6-3-10/h1-7H2,(H,12,13). The quantitative estimate of drug-likeness (QED) is 0.744. The second-order valence-corrected chi connectivity index (χ2v) is 4.23. The van der Waals surface area contributed by atoms with Crippen molar-refractivity contribution in [3.05, 3.63) is 0 Å². The zero-order valence-electron chi connectivity index (χ0n) is 8.98. The Kier molecular flexibility index (Phi) is 3.00. The van der Waals surface area contributed by atoms with Crippen molar-refractivity contribution >= 4 is 12.1 Å². The maximum Gasteiger partial charge on any atom is 0.410 e. The number of aliphatic carboxylic acids is 1. The van der Waals surface area contributed by atoms with Crippen LogP contribution in [0, 0.1) is 0 Å². The third kappa shape index (κ3) is 2.27. The molecule has 0 aromatic rings. The van der Waals surface area contributed by atoms with E-state index in [4.69, 9.17) is 14.6 Å². The molecule has 0 atom stereocenters. The van der Waals surface area contributed by atoms with E-state index in [9.17, 15) is 9.59 Å². The van der Waals surface area contributed by atoms with E-state index in [1.54, 1.807) is 0 Å². The molecule has 0 bridgehead atoms. The third-order valence-electron chi connectivity index (χ3n) is 3.13. The normalized spacial score (nSPS) is 24.2. The van der Waals surface area contributed by atoms with Crippen LogP contribution in [-0.2, 0) is 14.3 Å². The van der Waals surface area contributed by atoms with Crippen molar-refractivity contribution in [1.82, 2.24) is 4.90 Å². The largest absolute Gasteiger partial charge is 0.480 e. The Balaban J connectivity index is 1.96. The smallest absolute Gasteiger partial charge is 0.410 e. The predicted molar refractivity (Wildman–Crippen MR) is 53.1 cm³/mol. The highest BCUT2D eigenvalue weighted by Gasteiger charge is 2.42. The first-order chi connectivity index (χ1) is 7.61. The SMILES string of the molecule is O=C(O)CN1CCC2(CCOCC2)OC1=O. The third-order valence-corrected chi connectivity index (χ3v) is 3.13. The van der Waals surface area contributed by atoms with E-state index in [0.717, 1.165) is 0 Å². The number of rotatable bonds is 2. The summed E-state index contributed by atoms with van der Waals surface area (Å²) in [5.74, 6) is -1.01. The summed E-state index contributed by atoms with van der Waals surface area (Å²) < 4.78 is 10.6. The van der Waals surface area contributed by atoms with Crippen LogP contribution in [0.2, 0.25) is 0 Å². The molecule has 2 saturated heterocycles. The first kappa shape index (κ1) is 11.2. The van der Waals surface area contributed by atoms with Gasteiger partial charge in [-0.3, -0.25) is 9.69 Å². The fourth-order valence-electron chi connectivity index (χ4n) is 2.13. The van der Waals surface area contributed by atoms with Gasteiger partial charge in [0.05, 0.1) is 13.2 Å². The molecule has 6 heteroatoms. The molecule has 0 saturated carbocycles. The Bertz CT molecular complexity index is 298. The molecule has 0 aromatic heterocycles. The monoisotopic (exact) mass is 229 g/mol. The number of carboxylic acids is 1. The maximum absolute atomic E-state index is 11.6. The molecular weight excluding hydrogens is 214 g/mol. The van der Waals surface area contributed by atoms with Gasteiger partial charge in [0.25, 0.3) is 0 Å². The zero-order chi connectivity index (χ0) is 11.6. The Hall–Kier alpha value is -1.30. The van der Waals surface area contributed by atoms with Crippen molar-refractivity contribution in [2.45, 2.75) is 24.9 Å². The Morgan fingerprint density at radius 2 is 2.06 bits per heavy atom. The molecule has 2 rings (SSSR count). The summed E-state index contributed by atoms with van der Waals surface area (Å²) in [6.07, 6.45) is 1.59. The summed E-state index contributed by atoms with van der Waals surface area (Å²) in [5, 5.41) is 8.62.